The fourth-order valence-electron chi connectivity index (χ4n) is 1.66. The molecule has 0 heterocycles. The number of aryl methyl sites for hydroxylation is 2. The number of carboxylic acids is 2. The van der Waals surface area contributed by atoms with E-state index in [0.29, 0.717) is 12.8 Å². The van der Waals surface area contributed by atoms with Crippen LogP contribution in [0.15, 0.2) is 48.5 Å². The summed E-state index contributed by atoms with van der Waals surface area (Å²) in [5.74, 6) is -1.47. The van der Waals surface area contributed by atoms with Crippen LogP contribution in [0, 0.1) is 0 Å². The van der Waals surface area contributed by atoms with Crippen molar-refractivity contribution in [2.75, 3.05) is 0 Å². The summed E-state index contributed by atoms with van der Waals surface area (Å²) < 4.78 is 0. The molecule has 0 saturated heterocycles. The van der Waals surface area contributed by atoms with E-state index in [1.54, 1.807) is 0 Å². The van der Waals surface area contributed by atoms with E-state index in [1.165, 1.54) is 0 Å². The smallest absolute Gasteiger partial charge is 0.481 e. The van der Waals surface area contributed by atoms with Gasteiger partial charge in [0.05, 0.1) is 0 Å². The van der Waals surface area contributed by atoms with Gasteiger partial charge in [-0.15, -0.1) is 0 Å². The monoisotopic (exact) mass is 330 g/mol. The van der Waals surface area contributed by atoms with E-state index in [1.807, 2.05) is 48.5 Å². The molecule has 0 bridgehead atoms. The van der Waals surface area contributed by atoms with Gasteiger partial charge in [-0.1, -0.05) is 0 Å². The second kappa shape index (κ2) is 10.9. The average molecular weight is 330 g/mol. The largest absolute Gasteiger partial charge is 2.00 e. The average Bonchev–Trinajstić information content (AvgIpc) is 3.08. The van der Waals surface area contributed by atoms with Crippen LogP contribution in [-0.2, 0) is 39.5 Å². The zero-order chi connectivity index (χ0) is 14.8. The van der Waals surface area contributed by atoms with E-state index in [4.69, 9.17) is 10.2 Å². The molecule has 0 unspecified atom stereocenters. The summed E-state index contributed by atoms with van der Waals surface area (Å²) in [5, 5.41) is 16.6. The first kappa shape index (κ1) is 19.2. The van der Waals surface area contributed by atoms with Crippen molar-refractivity contribution in [3.8, 4) is 0 Å². The van der Waals surface area contributed by atoms with E-state index in [0.717, 1.165) is 11.1 Å². The van der Waals surface area contributed by atoms with Crippen LogP contribution in [0.2, 0.25) is 0 Å². The molecule has 0 aliphatic rings. The van der Waals surface area contributed by atoms with Crippen molar-refractivity contribution in [1.29, 1.82) is 0 Å². The Labute approximate surface area is 134 Å². The second-order valence-corrected chi connectivity index (χ2v) is 4.37. The molecule has 0 spiro atoms. The normalized spacial score (nSPS) is 9.14. The Balaban J connectivity index is 0.000000364. The first-order valence-electron chi connectivity index (χ1n) is 6.42. The van der Waals surface area contributed by atoms with Gasteiger partial charge in [-0.2, -0.15) is 35.4 Å². The predicted octanol–water partition coefficient (Wildman–Crippen LogP) is 2.84. The molecule has 2 aromatic carbocycles. The van der Waals surface area contributed by atoms with Gasteiger partial charge < -0.3 is 10.2 Å². The van der Waals surface area contributed by atoms with Gasteiger partial charge in [0.25, 0.3) is 0 Å². The molecule has 0 radical (unpaired) electrons. The minimum atomic E-state index is -0.735. The number of aliphatic carboxylic acids is 2. The Morgan fingerprint density at radius 1 is 0.857 bits per heavy atom. The third kappa shape index (κ3) is 9.66. The molecule has 5 heteroatoms. The summed E-state index contributed by atoms with van der Waals surface area (Å²) in [5.41, 5.74) is 2.20. The van der Waals surface area contributed by atoms with Crippen LogP contribution >= 0.6 is 0 Å². The summed E-state index contributed by atoms with van der Waals surface area (Å²) in [7, 11) is 0. The van der Waals surface area contributed by atoms with Crippen molar-refractivity contribution in [3.63, 3.8) is 0 Å². The Morgan fingerprint density at radius 3 is 1.48 bits per heavy atom. The van der Waals surface area contributed by atoms with Crippen molar-refractivity contribution in [1.82, 2.24) is 0 Å². The summed E-state index contributed by atoms with van der Waals surface area (Å²) >= 11 is 0. The van der Waals surface area contributed by atoms with E-state index >= 15 is 0 Å². The van der Waals surface area contributed by atoms with Crippen molar-refractivity contribution in [3.05, 3.63) is 59.7 Å². The fourth-order valence-corrected chi connectivity index (χ4v) is 1.66. The molecule has 2 rings (SSSR count). The van der Waals surface area contributed by atoms with Crippen LogP contribution in [0.3, 0.4) is 0 Å². The quantitative estimate of drug-likeness (QED) is 0.631. The summed E-state index contributed by atoms with van der Waals surface area (Å²) in [4.78, 5) is 20.2. The molecule has 2 aromatic rings. The Hall–Kier alpha value is -1.84. The molecule has 0 aliphatic carbocycles. The number of rotatable bonds is 6. The molecule has 21 heavy (non-hydrogen) atoms. The van der Waals surface area contributed by atoms with Crippen LogP contribution in [0.5, 0.6) is 0 Å². The van der Waals surface area contributed by atoms with Gasteiger partial charge in [0.1, 0.15) is 0 Å². The van der Waals surface area contributed by atoms with Crippen LogP contribution < -0.4 is 0 Å². The van der Waals surface area contributed by atoms with Gasteiger partial charge >= 0.3 is 29.0 Å². The Morgan fingerprint density at radius 2 is 1.24 bits per heavy atom. The molecule has 0 fully saturated rings. The van der Waals surface area contributed by atoms with E-state index in [2.05, 4.69) is 0 Å². The first-order valence-corrected chi connectivity index (χ1v) is 6.42. The van der Waals surface area contributed by atoms with Gasteiger partial charge in [-0.05, 0) is 12.8 Å². The molecule has 2 N–H and O–H groups in total. The maximum atomic E-state index is 10.1. The number of hydrogen-bond donors (Lipinski definition) is 2. The molecule has 114 valence electrons. The predicted molar refractivity (Wildman–Crippen MR) is 76.0 cm³/mol. The molecular formula is C16H18FeO4. The van der Waals surface area contributed by atoms with Crippen LogP contribution in [0.25, 0.3) is 0 Å². The van der Waals surface area contributed by atoms with E-state index in [-0.39, 0.29) is 29.9 Å². The van der Waals surface area contributed by atoms with Crippen LogP contribution in [0.1, 0.15) is 24.0 Å². The minimum absolute atomic E-state index is 0. The standard InChI is InChI=1S/2C8H9O2.Fe/c2*9-8(10)6-5-7-3-1-2-4-7;/h2*1-4H,5-6H2,(H,9,10);/q2*-1;+2. The molecule has 0 aromatic heterocycles. The topological polar surface area (TPSA) is 74.6 Å². The van der Waals surface area contributed by atoms with E-state index < -0.39 is 11.9 Å². The second-order valence-electron chi connectivity index (χ2n) is 4.37. The molecule has 0 atom stereocenters. The van der Waals surface area contributed by atoms with Crippen LogP contribution in [0.4, 0.5) is 0 Å². The maximum absolute atomic E-state index is 10.1. The number of hydrogen-bond acceptors (Lipinski definition) is 2. The summed E-state index contributed by atoms with van der Waals surface area (Å²) in [6.07, 6.45) is 1.73. The fraction of sp³-hybridized carbons (Fsp3) is 0.250. The van der Waals surface area contributed by atoms with Gasteiger partial charge in [0, 0.05) is 12.8 Å². The molecular weight excluding hydrogens is 312 g/mol. The van der Waals surface area contributed by atoms with Crippen molar-refractivity contribution in [2.45, 2.75) is 25.7 Å². The Kier molecular flexibility index (Phi) is 9.93. The summed E-state index contributed by atoms with van der Waals surface area (Å²) in [6, 6.07) is 15.4. The number of carbonyl (C=O) groups is 2. The van der Waals surface area contributed by atoms with Gasteiger partial charge in [-0.25, -0.2) is 24.3 Å². The maximum Gasteiger partial charge on any atom is 2.00 e. The van der Waals surface area contributed by atoms with E-state index in [9.17, 15) is 9.59 Å². The van der Waals surface area contributed by atoms with Crippen molar-refractivity contribution >= 4 is 11.9 Å². The van der Waals surface area contributed by atoms with Crippen LogP contribution in [-0.4, -0.2) is 22.2 Å². The van der Waals surface area contributed by atoms with Gasteiger partial charge in [-0.3, -0.25) is 9.59 Å². The third-order valence-electron chi connectivity index (χ3n) is 2.72. The van der Waals surface area contributed by atoms with Gasteiger partial charge in [0.15, 0.2) is 0 Å². The molecule has 0 saturated carbocycles. The zero-order valence-electron chi connectivity index (χ0n) is 11.5. The third-order valence-corrected chi connectivity index (χ3v) is 2.72. The Bertz CT molecular complexity index is 452. The zero-order valence-corrected chi connectivity index (χ0v) is 12.6. The van der Waals surface area contributed by atoms with Crippen molar-refractivity contribution in [2.24, 2.45) is 0 Å². The molecule has 0 amide bonds. The first-order chi connectivity index (χ1) is 9.58. The number of carboxylic acid groups (broad SMARTS) is 2. The van der Waals surface area contributed by atoms with Crippen molar-refractivity contribution < 1.29 is 36.9 Å². The summed E-state index contributed by atoms with van der Waals surface area (Å²) in [6.45, 7) is 0. The SMILES string of the molecule is O=C(O)CCc1ccc[cH-]1.O=C(O)CCc1ccc[cH-]1.[Fe+2]. The van der Waals surface area contributed by atoms with Gasteiger partial charge in [0.2, 0.25) is 0 Å². The molecule has 0 aliphatic heterocycles. The molecule has 4 nitrogen and oxygen atoms in total. The minimum Gasteiger partial charge on any atom is -0.481 e.